The highest BCUT2D eigenvalue weighted by atomic mass is 19.1. The maximum Gasteiger partial charge on any atom is 0.258 e. The van der Waals surface area contributed by atoms with Crippen LogP contribution in [0.1, 0.15) is 27.2 Å². The van der Waals surface area contributed by atoms with Crippen molar-refractivity contribution >= 4 is 16.9 Å². The Bertz CT molecular complexity index is 1340. The van der Waals surface area contributed by atoms with E-state index in [1.54, 1.807) is 26.2 Å². The summed E-state index contributed by atoms with van der Waals surface area (Å²) >= 11 is 0. The summed E-state index contributed by atoms with van der Waals surface area (Å²) in [5.41, 5.74) is 5.08. The van der Waals surface area contributed by atoms with Gasteiger partial charge in [0.15, 0.2) is 0 Å². The first-order valence-electron chi connectivity index (χ1n) is 11.5. The highest BCUT2D eigenvalue weighted by Crippen LogP contribution is 2.33. The quantitative estimate of drug-likeness (QED) is 0.489. The largest absolute Gasteiger partial charge is 0.481 e. The Morgan fingerprint density at radius 2 is 1.82 bits per heavy atom. The smallest absolute Gasteiger partial charge is 0.258 e. The first-order valence-corrected chi connectivity index (χ1v) is 11.5. The summed E-state index contributed by atoms with van der Waals surface area (Å²) in [7, 11) is 1.57. The molecule has 2 aromatic heterocycles. The molecule has 174 valence electrons. The van der Waals surface area contributed by atoms with E-state index in [9.17, 15) is 9.18 Å². The minimum atomic E-state index is -0.255. The fourth-order valence-corrected chi connectivity index (χ4v) is 4.62. The van der Waals surface area contributed by atoms with Crippen LogP contribution in [0.4, 0.5) is 4.39 Å². The second-order valence-corrected chi connectivity index (χ2v) is 8.46. The van der Waals surface area contributed by atoms with Crippen LogP contribution in [0.15, 0.2) is 60.7 Å². The number of aromatic nitrogens is 2. The van der Waals surface area contributed by atoms with Crippen molar-refractivity contribution in [1.29, 1.82) is 0 Å². The molecule has 5 rings (SSSR count). The molecule has 0 bridgehead atoms. The monoisotopic (exact) mass is 458 g/mol. The Hall–Kier alpha value is -3.71. The lowest BCUT2D eigenvalue weighted by Crippen LogP contribution is -2.46. The number of halogens is 1. The average molecular weight is 459 g/mol. The Morgan fingerprint density at radius 3 is 2.56 bits per heavy atom. The number of ether oxygens (including phenoxy) is 1. The molecule has 1 amide bonds. The number of para-hydroxylation sites is 1. The average Bonchev–Trinajstić information content (AvgIpc) is 3.20. The van der Waals surface area contributed by atoms with Gasteiger partial charge in [-0.25, -0.2) is 9.37 Å². The molecule has 1 N–H and O–H groups in total. The van der Waals surface area contributed by atoms with Crippen LogP contribution in [0.2, 0.25) is 0 Å². The summed E-state index contributed by atoms with van der Waals surface area (Å²) in [6.45, 7) is 4.52. The van der Waals surface area contributed by atoms with Gasteiger partial charge in [-0.1, -0.05) is 30.3 Å². The molecule has 0 aliphatic carbocycles. The van der Waals surface area contributed by atoms with Crippen molar-refractivity contribution in [3.63, 3.8) is 0 Å². The van der Waals surface area contributed by atoms with Gasteiger partial charge in [-0.3, -0.25) is 4.79 Å². The molecule has 0 spiro atoms. The van der Waals surface area contributed by atoms with Gasteiger partial charge < -0.3 is 19.5 Å². The molecule has 2 aromatic carbocycles. The van der Waals surface area contributed by atoms with E-state index in [0.29, 0.717) is 42.0 Å². The molecule has 0 unspecified atom stereocenters. The number of nitrogens with zero attached hydrogens (tertiary/aromatic N) is 3. The van der Waals surface area contributed by atoms with E-state index < -0.39 is 0 Å². The van der Waals surface area contributed by atoms with E-state index >= 15 is 0 Å². The minimum absolute atomic E-state index is 0.0639. The molecule has 4 aromatic rings. The van der Waals surface area contributed by atoms with Gasteiger partial charge >= 0.3 is 0 Å². The second-order valence-electron chi connectivity index (χ2n) is 8.46. The first-order chi connectivity index (χ1) is 16.6. The fourth-order valence-electron chi connectivity index (χ4n) is 4.62. The first kappa shape index (κ1) is 22.1. The van der Waals surface area contributed by atoms with Crippen LogP contribution in [-0.2, 0) is 6.42 Å². The van der Waals surface area contributed by atoms with Crippen LogP contribution in [0, 0.1) is 12.7 Å². The molecule has 1 fully saturated rings. The molecule has 1 saturated heterocycles. The van der Waals surface area contributed by atoms with Crippen molar-refractivity contribution in [2.45, 2.75) is 13.3 Å². The molecule has 7 heteroatoms. The third-order valence-corrected chi connectivity index (χ3v) is 6.46. The number of hydrogen-bond acceptors (Lipinski definition) is 4. The SMILES string of the molecule is COc1ccc2c(n1)c(C(=O)N1CCNCC1)c(Cc1cccc(F)c1C)n2-c1ccccc1. The van der Waals surface area contributed by atoms with Gasteiger partial charge in [-0.15, -0.1) is 0 Å². The number of amides is 1. The molecular weight excluding hydrogens is 431 g/mol. The van der Waals surface area contributed by atoms with Crippen LogP contribution in [0.25, 0.3) is 16.7 Å². The lowest BCUT2D eigenvalue weighted by atomic mass is 10.0. The van der Waals surface area contributed by atoms with Crippen LogP contribution in [0.5, 0.6) is 5.88 Å². The normalized spacial score (nSPS) is 13.9. The molecule has 6 nitrogen and oxygen atoms in total. The fraction of sp³-hybridized carbons (Fsp3) is 0.259. The summed E-state index contributed by atoms with van der Waals surface area (Å²) in [5, 5.41) is 3.30. The molecule has 34 heavy (non-hydrogen) atoms. The maximum atomic E-state index is 14.4. The Kier molecular flexibility index (Phi) is 6.02. The number of hydrogen-bond donors (Lipinski definition) is 1. The van der Waals surface area contributed by atoms with Crippen LogP contribution in [0.3, 0.4) is 0 Å². The molecule has 0 atom stereocenters. The van der Waals surface area contributed by atoms with Crippen molar-refractivity contribution in [2.75, 3.05) is 33.3 Å². The lowest BCUT2D eigenvalue weighted by molar-refractivity contribution is 0.0736. The Labute approximate surface area is 198 Å². The molecule has 0 radical (unpaired) electrons. The van der Waals surface area contributed by atoms with Crippen molar-refractivity contribution in [3.05, 3.63) is 88.9 Å². The highest BCUT2D eigenvalue weighted by Gasteiger charge is 2.29. The molecule has 1 aliphatic rings. The van der Waals surface area contributed by atoms with Crippen molar-refractivity contribution < 1.29 is 13.9 Å². The predicted octanol–water partition coefficient (Wildman–Crippen LogP) is 4.12. The number of piperazine rings is 1. The van der Waals surface area contributed by atoms with E-state index in [2.05, 4.69) is 9.88 Å². The number of benzene rings is 2. The highest BCUT2D eigenvalue weighted by molar-refractivity contribution is 6.07. The molecule has 1 aliphatic heterocycles. The van der Waals surface area contributed by atoms with E-state index in [0.717, 1.165) is 35.6 Å². The third-order valence-electron chi connectivity index (χ3n) is 6.46. The summed E-state index contributed by atoms with van der Waals surface area (Å²) in [5.74, 6) is 0.126. The minimum Gasteiger partial charge on any atom is -0.481 e. The zero-order valence-electron chi connectivity index (χ0n) is 19.3. The topological polar surface area (TPSA) is 59.4 Å². The van der Waals surface area contributed by atoms with Gasteiger partial charge in [0.05, 0.1) is 18.2 Å². The summed E-state index contributed by atoms with van der Waals surface area (Å²) < 4.78 is 21.9. The molecule has 0 saturated carbocycles. The number of pyridine rings is 1. The zero-order chi connectivity index (χ0) is 23.7. The van der Waals surface area contributed by atoms with Crippen molar-refractivity contribution in [1.82, 2.24) is 19.8 Å². The summed E-state index contributed by atoms with van der Waals surface area (Å²) in [6, 6.07) is 18.7. The molecular formula is C27H27FN4O2. The van der Waals surface area contributed by atoms with Gasteiger partial charge in [-0.2, -0.15) is 0 Å². The van der Waals surface area contributed by atoms with E-state index in [4.69, 9.17) is 9.72 Å². The summed E-state index contributed by atoms with van der Waals surface area (Å²) in [4.78, 5) is 20.5. The van der Waals surface area contributed by atoms with E-state index in [-0.39, 0.29) is 11.7 Å². The van der Waals surface area contributed by atoms with Gasteiger partial charge in [0.2, 0.25) is 5.88 Å². The van der Waals surface area contributed by atoms with E-state index in [1.165, 1.54) is 6.07 Å². The predicted molar refractivity (Wildman–Crippen MR) is 130 cm³/mol. The van der Waals surface area contributed by atoms with Gasteiger partial charge in [0.25, 0.3) is 5.91 Å². The van der Waals surface area contributed by atoms with Gasteiger partial charge in [0.1, 0.15) is 11.3 Å². The third kappa shape index (κ3) is 3.92. The standard InChI is InChI=1S/C27H27FN4O2/c1-18-19(7-6-10-21(18)28)17-23-25(27(33)31-15-13-29-14-16-31)26-22(11-12-24(30-26)34-2)32(23)20-8-4-3-5-9-20/h3-12,29H,13-17H2,1-2H3. The Balaban J connectivity index is 1.80. The Morgan fingerprint density at radius 1 is 1.06 bits per heavy atom. The summed E-state index contributed by atoms with van der Waals surface area (Å²) in [6.07, 6.45) is 0.393. The van der Waals surface area contributed by atoms with Gasteiger partial charge in [0, 0.05) is 50.0 Å². The van der Waals surface area contributed by atoms with Crippen molar-refractivity contribution in [2.24, 2.45) is 0 Å². The number of carbonyl (C=O) groups is 1. The lowest BCUT2D eigenvalue weighted by Gasteiger charge is -2.27. The van der Waals surface area contributed by atoms with Crippen molar-refractivity contribution in [3.8, 4) is 11.6 Å². The van der Waals surface area contributed by atoms with Crippen LogP contribution in [-0.4, -0.2) is 53.6 Å². The number of rotatable bonds is 5. The molecule has 3 heterocycles. The van der Waals surface area contributed by atoms with E-state index in [1.807, 2.05) is 47.4 Å². The zero-order valence-corrected chi connectivity index (χ0v) is 19.3. The van der Waals surface area contributed by atoms with Crippen LogP contribution >= 0.6 is 0 Å². The van der Waals surface area contributed by atoms with Crippen LogP contribution < -0.4 is 10.1 Å². The second kappa shape index (κ2) is 9.27. The number of carbonyl (C=O) groups excluding carboxylic acids is 1. The number of nitrogens with one attached hydrogen (secondary N) is 1. The maximum absolute atomic E-state index is 14.4. The number of fused-ring (bicyclic) bond motifs is 1. The number of methoxy groups -OCH3 is 1. The van der Waals surface area contributed by atoms with Gasteiger partial charge in [-0.05, 0) is 42.3 Å².